The van der Waals surface area contributed by atoms with Crippen molar-refractivity contribution in [1.82, 2.24) is 19.6 Å². The molecule has 9 nitrogen and oxygen atoms in total. The third kappa shape index (κ3) is 11.3. The van der Waals surface area contributed by atoms with E-state index in [0.717, 1.165) is 77.3 Å². The van der Waals surface area contributed by atoms with Crippen molar-refractivity contribution in [3.8, 4) is 22.4 Å². The topological polar surface area (TPSA) is 91.1 Å². The van der Waals surface area contributed by atoms with Crippen LogP contribution in [-0.2, 0) is 19.0 Å². The van der Waals surface area contributed by atoms with E-state index < -0.39 is 21.7 Å². The summed E-state index contributed by atoms with van der Waals surface area (Å²) in [6.07, 6.45) is 7.09. The number of fused-ring (bicyclic) bond motifs is 1. The Kier molecular flexibility index (Phi) is 12.6. The van der Waals surface area contributed by atoms with Crippen LogP contribution < -0.4 is 4.90 Å². The molecule has 276 valence electrons. The van der Waals surface area contributed by atoms with Gasteiger partial charge in [-0.05, 0) is 64.6 Å². The Morgan fingerprint density at radius 3 is 2.02 bits per heavy atom. The maximum atomic E-state index is 12.9. The Labute approximate surface area is 307 Å². The van der Waals surface area contributed by atoms with Crippen molar-refractivity contribution < 1.29 is 19.0 Å². The Hall–Kier alpha value is -3.39. The first kappa shape index (κ1) is 38.8. The zero-order chi connectivity index (χ0) is 36.8. The number of carbonyl (C=O) groups excluding carboxylic acids is 1. The van der Waals surface area contributed by atoms with Gasteiger partial charge in [0, 0.05) is 69.9 Å². The van der Waals surface area contributed by atoms with Gasteiger partial charge in [0.15, 0.2) is 5.65 Å². The summed E-state index contributed by atoms with van der Waals surface area (Å²) in [7, 11) is -2.52. The van der Waals surface area contributed by atoms with Gasteiger partial charge in [0.25, 0.3) is 0 Å². The molecule has 5 rings (SSSR count). The van der Waals surface area contributed by atoms with Gasteiger partial charge in [-0.2, -0.15) is 9.61 Å². The second-order valence-corrected chi connectivity index (χ2v) is 28.7. The fourth-order valence-electron chi connectivity index (χ4n) is 6.22. The summed E-state index contributed by atoms with van der Waals surface area (Å²) >= 11 is 0. The summed E-state index contributed by atoms with van der Waals surface area (Å²) < 4.78 is 20.4. The van der Waals surface area contributed by atoms with Gasteiger partial charge in [0.1, 0.15) is 24.9 Å². The first-order valence-electron chi connectivity index (χ1n) is 18.6. The maximum Gasteiger partial charge on any atom is 0.309 e. The van der Waals surface area contributed by atoms with Crippen LogP contribution in [0, 0.1) is 5.92 Å². The molecule has 0 amide bonds. The molecule has 0 bridgehead atoms. The highest BCUT2D eigenvalue weighted by atomic mass is 28.3. The summed E-state index contributed by atoms with van der Waals surface area (Å²) in [6, 6.07) is 18.7. The zero-order valence-electron chi connectivity index (χ0n) is 32.4. The molecule has 1 aliphatic carbocycles. The molecule has 0 N–H and O–H groups in total. The molecule has 0 aliphatic heterocycles. The summed E-state index contributed by atoms with van der Waals surface area (Å²) in [5.41, 5.74) is 5.17. The van der Waals surface area contributed by atoms with Crippen molar-refractivity contribution in [2.45, 2.75) is 109 Å². The fourth-order valence-corrected chi connectivity index (χ4v) is 7.74. The highest BCUT2D eigenvalue weighted by Gasteiger charge is 2.32. The van der Waals surface area contributed by atoms with Crippen molar-refractivity contribution in [3.63, 3.8) is 0 Å². The number of nitrogens with zero attached hydrogens (tertiary/aromatic N) is 5. The predicted octanol–water partition coefficient (Wildman–Crippen LogP) is 9.50. The van der Waals surface area contributed by atoms with Gasteiger partial charge in [0.05, 0.1) is 17.8 Å². The van der Waals surface area contributed by atoms with Crippen molar-refractivity contribution >= 4 is 33.6 Å². The molecular formula is C40H59N5O4Si2. The van der Waals surface area contributed by atoms with E-state index in [9.17, 15) is 4.79 Å². The Bertz CT molecular complexity index is 1700. The Morgan fingerprint density at radius 2 is 1.47 bits per heavy atom. The van der Waals surface area contributed by atoms with Crippen LogP contribution in [0.3, 0.4) is 0 Å². The first-order valence-corrected chi connectivity index (χ1v) is 26.0. The van der Waals surface area contributed by atoms with Gasteiger partial charge < -0.3 is 19.1 Å². The minimum absolute atomic E-state index is 0.0839. The molecule has 1 aromatic carbocycles. The van der Waals surface area contributed by atoms with Gasteiger partial charge in [-0.3, -0.25) is 9.78 Å². The molecule has 1 fully saturated rings. The van der Waals surface area contributed by atoms with Crippen LogP contribution in [0.2, 0.25) is 51.4 Å². The number of ether oxygens (including phenoxy) is 3. The number of hydrogen-bond acceptors (Lipinski definition) is 8. The van der Waals surface area contributed by atoms with E-state index in [-0.39, 0.29) is 17.8 Å². The average molecular weight is 730 g/mol. The minimum Gasteiger partial charge on any atom is -0.460 e. The number of hydrogen-bond donors (Lipinski definition) is 0. The molecule has 11 heteroatoms. The lowest BCUT2D eigenvalue weighted by Gasteiger charge is -2.31. The lowest BCUT2D eigenvalue weighted by atomic mass is 9.80. The zero-order valence-corrected chi connectivity index (χ0v) is 34.4. The van der Waals surface area contributed by atoms with Crippen molar-refractivity contribution in [2.75, 3.05) is 31.6 Å². The third-order valence-electron chi connectivity index (χ3n) is 9.31. The van der Waals surface area contributed by atoms with Gasteiger partial charge in [-0.15, -0.1) is 0 Å². The quantitative estimate of drug-likeness (QED) is 0.0517. The van der Waals surface area contributed by atoms with Crippen LogP contribution in [-0.4, -0.2) is 74.0 Å². The predicted molar refractivity (Wildman–Crippen MR) is 213 cm³/mol. The van der Waals surface area contributed by atoms with Crippen LogP contribution in [0.4, 0.5) is 5.82 Å². The lowest BCUT2D eigenvalue weighted by Crippen LogP contribution is -2.33. The average Bonchev–Trinajstić information content (AvgIpc) is 3.50. The van der Waals surface area contributed by atoms with E-state index >= 15 is 0 Å². The molecule has 3 aromatic heterocycles. The molecule has 0 atom stereocenters. The van der Waals surface area contributed by atoms with Crippen LogP contribution in [0.5, 0.6) is 0 Å². The van der Waals surface area contributed by atoms with Crippen LogP contribution >= 0.6 is 0 Å². The van der Waals surface area contributed by atoms with Crippen LogP contribution in [0.15, 0.2) is 60.9 Å². The lowest BCUT2D eigenvalue weighted by molar-refractivity contribution is -0.161. The minimum atomic E-state index is -1.26. The number of benzene rings is 1. The smallest absolute Gasteiger partial charge is 0.309 e. The van der Waals surface area contributed by atoms with E-state index in [1.54, 1.807) is 0 Å². The second kappa shape index (κ2) is 16.5. The van der Waals surface area contributed by atoms with Crippen LogP contribution in [0.1, 0.15) is 58.1 Å². The highest BCUT2D eigenvalue weighted by molar-refractivity contribution is 6.76. The van der Waals surface area contributed by atoms with E-state index in [2.05, 4.69) is 74.5 Å². The molecular weight excluding hydrogens is 671 g/mol. The SMILES string of the molecule is CC(C)(C)OC(=O)C1CCC(c2cc(N(COCC[Si](C)(C)C)COCC[Si](C)(C)C)n3ncc(-c4ccc(-c5ccccc5)nc4)c3n2)CC1. The summed E-state index contributed by atoms with van der Waals surface area (Å²) in [5.74, 6) is 0.924. The molecule has 1 saturated carbocycles. The Morgan fingerprint density at radius 1 is 0.843 bits per heavy atom. The van der Waals surface area contributed by atoms with Gasteiger partial charge in [0.2, 0.25) is 0 Å². The number of anilines is 1. The first-order chi connectivity index (χ1) is 24.1. The maximum absolute atomic E-state index is 12.9. The fraction of sp³-hybridized carbons (Fsp3) is 0.550. The van der Waals surface area contributed by atoms with E-state index in [0.29, 0.717) is 26.7 Å². The van der Waals surface area contributed by atoms with Crippen molar-refractivity contribution in [1.29, 1.82) is 0 Å². The monoisotopic (exact) mass is 729 g/mol. The number of aromatic nitrogens is 4. The molecule has 3 heterocycles. The molecule has 1 aliphatic rings. The van der Waals surface area contributed by atoms with E-state index in [4.69, 9.17) is 29.3 Å². The molecule has 4 aromatic rings. The third-order valence-corrected chi connectivity index (χ3v) is 12.7. The second-order valence-electron chi connectivity index (χ2n) is 17.4. The summed E-state index contributed by atoms with van der Waals surface area (Å²) in [6.45, 7) is 22.2. The molecule has 0 spiro atoms. The molecule has 51 heavy (non-hydrogen) atoms. The summed E-state index contributed by atoms with van der Waals surface area (Å²) in [5, 5.41) is 4.91. The van der Waals surface area contributed by atoms with Crippen LogP contribution in [0.25, 0.3) is 28.0 Å². The molecule has 0 radical (unpaired) electrons. The largest absolute Gasteiger partial charge is 0.460 e. The van der Waals surface area contributed by atoms with Gasteiger partial charge >= 0.3 is 5.97 Å². The molecule has 0 unspecified atom stereocenters. The highest BCUT2D eigenvalue weighted by Crippen LogP contribution is 2.38. The van der Waals surface area contributed by atoms with Crippen molar-refractivity contribution in [2.24, 2.45) is 5.92 Å². The number of esters is 1. The van der Waals surface area contributed by atoms with E-state index in [1.165, 1.54) is 0 Å². The van der Waals surface area contributed by atoms with Gasteiger partial charge in [-0.25, -0.2) is 4.98 Å². The van der Waals surface area contributed by atoms with Gasteiger partial charge in [-0.1, -0.05) is 75.7 Å². The summed E-state index contributed by atoms with van der Waals surface area (Å²) in [4.78, 5) is 25.2. The standard InChI is InChI=1S/C40H59N5O4Si2/c1-40(2,3)49-39(46)32-17-15-31(16-18-32)36-25-37(44(28-47-21-23-50(4,5)6)29-48-22-24-51(7,8)9)45-38(43-36)34(27-42-45)33-19-20-35(41-26-33)30-13-11-10-12-14-30/h10-14,19-20,25-27,31-32H,15-18,21-24,28-29H2,1-9H3. The van der Waals surface area contributed by atoms with E-state index in [1.807, 2.05) is 55.9 Å². The van der Waals surface area contributed by atoms with Crippen molar-refractivity contribution in [3.05, 3.63) is 66.6 Å². The normalized spacial score (nSPS) is 17.1. The number of rotatable bonds is 15. The number of pyridine rings is 1. The molecule has 0 saturated heterocycles. The number of carbonyl (C=O) groups is 1. The Balaban J connectivity index is 1.49.